The van der Waals surface area contributed by atoms with E-state index in [2.05, 4.69) is 18.7 Å². The standard InChI is InChI=1S/C17H24ClNO2/c1-3-12(4-2)13-7-9-19(10-8-13)16-6-5-14(18)11-15(16)17(20)21/h5-6,11-13H,3-4,7-10H2,1-2H3,(H,20,21). The second kappa shape index (κ2) is 7.17. The van der Waals surface area contributed by atoms with Crippen LogP contribution in [0.5, 0.6) is 0 Å². The lowest BCUT2D eigenvalue weighted by Crippen LogP contribution is -2.36. The van der Waals surface area contributed by atoms with Crippen LogP contribution in [0.1, 0.15) is 49.9 Å². The van der Waals surface area contributed by atoms with Gasteiger partial charge in [-0.05, 0) is 42.9 Å². The first-order chi connectivity index (χ1) is 10.1. The summed E-state index contributed by atoms with van der Waals surface area (Å²) >= 11 is 5.92. The number of nitrogens with zero attached hydrogens (tertiary/aromatic N) is 1. The predicted octanol–water partition coefficient (Wildman–Crippen LogP) is 4.69. The minimum absolute atomic E-state index is 0.309. The summed E-state index contributed by atoms with van der Waals surface area (Å²) in [5.74, 6) is 0.669. The number of hydrogen-bond donors (Lipinski definition) is 1. The van der Waals surface area contributed by atoms with Gasteiger partial charge in [-0.15, -0.1) is 0 Å². The maximum Gasteiger partial charge on any atom is 0.337 e. The number of carbonyl (C=O) groups is 1. The molecule has 1 saturated heterocycles. The molecule has 1 fully saturated rings. The average Bonchev–Trinajstić information content (AvgIpc) is 2.49. The number of hydrogen-bond acceptors (Lipinski definition) is 2. The fourth-order valence-corrected chi connectivity index (χ4v) is 3.69. The molecular formula is C17H24ClNO2. The number of benzene rings is 1. The van der Waals surface area contributed by atoms with Crippen molar-refractivity contribution < 1.29 is 9.90 Å². The van der Waals surface area contributed by atoms with Crippen molar-refractivity contribution in [3.05, 3.63) is 28.8 Å². The SMILES string of the molecule is CCC(CC)C1CCN(c2ccc(Cl)cc2C(=O)O)CC1. The fraction of sp³-hybridized carbons (Fsp3) is 0.588. The molecule has 0 amide bonds. The number of carboxylic acids is 1. The van der Waals surface area contributed by atoms with Crippen molar-refractivity contribution in [1.29, 1.82) is 0 Å². The van der Waals surface area contributed by atoms with Crippen LogP contribution in [0.4, 0.5) is 5.69 Å². The molecule has 1 aliphatic rings. The monoisotopic (exact) mass is 309 g/mol. The summed E-state index contributed by atoms with van der Waals surface area (Å²) in [4.78, 5) is 13.6. The molecule has 0 aliphatic carbocycles. The van der Waals surface area contributed by atoms with E-state index in [4.69, 9.17) is 11.6 Å². The Kier molecular flexibility index (Phi) is 5.51. The molecule has 0 unspecified atom stereocenters. The third-order valence-corrected chi connectivity index (χ3v) is 5.02. The fourth-order valence-electron chi connectivity index (χ4n) is 3.52. The number of piperidine rings is 1. The topological polar surface area (TPSA) is 40.5 Å². The second-order valence-corrected chi connectivity index (χ2v) is 6.30. The molecule has 1 aliphatic heterocycles. The van der Waals surface area contributed by atoms with E-state index < -0.39 is 5.97 Å². The van der Waals surface area contributed by atoms with Gasteiger partial charge in [0.2, 0.25) is 0 Å². The molecule has 116 valence electrons. The van der Waals surface area contributed by atoms with Crippen LogP contribution in [0.2, 0.25) is 5.02 Å². The molecule has 4 heteroatoms. The maximum absolute atomic E-state index is 11.4. The van der Waals surface area contributed by atoms with Gasteiger partial charge in [0.25, 0.3) is 0 Å². The van der Waals surface area contributed by atoms with Crippen molar-refractivity contribution >= 4 is 23.3 Å². The van der Waals surface area contributed by atoms with Crippen LogP contribution in [-0.4, -0.2) is 24.2 Å². The number of aromatic carboxylic acids is 1. The molecule has 0 spiro atoms. The highest BCUT2D eigenvalue weighted by Gasteiger charge is 2.26. The third-order valence-electron chi connectivity index (χ3n) is 4.78. The van der Waals surface area contributed by atoms with Gasteiger partial charge in [-0.3, -0.25) is 0 Å². The van der Waals surface area contributed by atoms with Crippen molar-refractivity contribution in [2.75, 3.05) is 18.0 Å². The zero-order valence-corrected chi connectivity index (χ0v) is 13.6. The first kappa shape index (κ1) is 16.2. The zero-order valence-electron chi connectivity index (χ0n) is 12.8. The molecule has 3 nitrogen and oxygen atoms in total. The van der Waals surface area contributed by atoms with E-state index >= 15 is 0 Å². The van der Waals surface area contributed by atoms with Gasteiger partial charge in [0.1, 0.15) is 0 Å². The van der Waals surface area contributed by atoms with E-state index in [0.29, 0.717) is 10.6 Å². The molecule has 0 saturated carbocycles. The highest BCUT2D eigenvalue weighted by Crippen LogP contribution is 2.33. The van der Waals surface area contributed by atoms with Crippen molar-refractivity contribution in [2.24, 2.45) is 11.8 Å². The predicted molar refractivity (Wildman–Crippen MR) is 87.4 cm³/mol. The van der Waals surface area contributed by atoms with Gasteiger partial charge in [-0.1, -0.05) is 38.3 Å². The van der Waals surface area contributed by atoms with Crippen molar-refractivity contribution in [3.63, 3.8) is 0 Å². The van der Waals surface area contributed by atoms with E-state index in [1.54, 1.807) is 12.1 Å². The Labute approximate surface area is 131 Å². The lowest BCUT2D eigenvalue weighted by molar-refractivity contribution is 0.0697. The van der Waals surface area contributed by atoms with Crippen LogP contribution in [0.25, 0.3) is 0 Å². The molecule has 1 aromatic carbocycles. The summed E-state index contributed by atoms with van der Waals surface area (Å²) in [5, 5.41) is 9.83. The Hall–Kier alpha value is -1.22. The largest absolute Gasteiger partial charge is 0.478 e. The smallest absolute Gasteiger partial charge is 0.337 e. The molecule has 0 aromatic heterocycles. The van der Waals surface area contributed by atoms with Gasteiger partial charge in [-0.2, -0.15) is 0 Å². The second-order valence-electron chi connectivity index (χ2n) is 5.87. The highest BCUT2D eigenvalue weighted by atomic mass is 35.5. The van der Waals surface area contributed by atoms with Crippen molar-refractivity contribution in [3.8, 4) is 0 Å². The van der Waals surface area contributed by atoms with Crippen LogP contribution >= 0.6 is 11.6 Å². The van der Waals surface area contributed by atoms with Gasteiger partial charge < -0.3 is 10.0 Å². The Balaban J connectivity index is 2.10. The molecule has 0 atom stereocenters. The quantitative estimate of drug-likeness (QED) is 0.857. The van der Waals surface area contributed by atoms with Crippen LogP contribution in [-0.2, 0) is 0 Å². The minimum atomic E-state index is -0.908. The summed E-state index contributed by atoms with van der Waals surface area (Å²) < 4.78 is 0. The number of carboxylic acid groups (broad SMARTS) is 1. The van der Waals surface area contributed by atoms with Gasteiger partial charge in [0.05, 0.1) is 11.3 Å². The first-order valence-corrected chi connectivity index (χ1v) is 8.22. The Bertz CT molecular complexity index is 492. The van der Waals surface area contributed by atoms with Gasteiger partial charge in [-0.25, -0.2) is 4.79 Å². The van der Waals surface area contributed by atoms with Crippen LogP contribution < -0.4 is 4.90 Å². The molecule has 21 heavy (non-hydrogen) atoms. The Morgan fingerprint density at radius 2 is 1.95 bits per heavy atom. The number of halogens is 1. The van der Waals surface area contributed by atoms with Crippen LogP contribution in [0.3, 0.4) is 0 Å². The summed E-state index contributed by atoms with van der Waals surface area (Å²) in [5.41, 5.74) is 1.11. The van der Waals surface area contributed by atoms with Crippen LogP contribution in [0, 0.1) is 11.8 Å². The van der Waals surface area contributed by atoms with E-state index in [9.17, 15) is 9.90 Å². The molecule has 0 bridgehead atoms. The van der Waals surface area contributed by atoms with Crippen molar-refractivity contribution in [2.45, 2.75) is 39.5 Å². The summed E-state index contributed by atoms with van der Waals surface area (Å²) in [6.45, 7) is 6.40. The molecule has 1 aromatic rings. The first-order valence-electron chi connectivity index (χ1n) is 7.84. The lowest BCUT2D eigenvalue weighted by Gasteiger charge is -2.37. The molecule has 1 N–H and O–H groups in total. The Morgan fingerprint density at radius 3 is 2.48 bits per heavy atom. The third kappa shape index (κ3) is 3.70. The van der Waals surface area contributed by atoms with Gasteiger partial charge in [0.15, 0.2) is 0 Å². The average molecular weight is 310 g/mol. The van der Waals surface area contributed by atoms with Gasteiger partial charge >= 0.3 is 5.97 Å². The highest BCUT2D eigenvalue weighted by molar-refractivity contribution is 6.31. The van der Waals surface area contributed by atoms with E-state index in [1.807, 2.05) is 6.07 Å². The zero-order chi connectivity index (χ0) is 15.4. The summed E-state index contributed by atoms with van der Waals surface area (Å²) in [7, 11) is 0. The molecular weight excluding hydrogens is 286 g/mol. The maximum atomic E-state index is 11.4. The van der Waals surface area contributed by atoms with E-state index in [-0.39, 0.29) is 0 Å². The normalized spacial score (nSPS) is 16.5. The molecule has 1 heterocycles. The summed E-state index contributed by atoms with van der Waals surface area (Å²) in [6, 6.07) is 5.16. The number of rotatable bonds is 5. The summed E-state index contributed by atoms with van der Waals surface area (Å²) in [6.07, 6.45) is 4.77. The van der Waals surface area contributed by atoms with Crippen LogP contribution in [0.15, 0.2) is 18.2 Å². The lowest BCUT2D eigenvalue weighted by atomic mass is 9.81. The number of anilines is 1. The molecule has 0 radical (unpaired) electrons. The molecule has 2 rings (SSSR count). The van der Waals surface area contributed by atoms with Gasteiger partial charge in [0, 0.05) is 18.1 Å². The van der Waals surface area contributed by atoms with E-state index in [0.717, 1.165) is 43.5 Å². The van der Waals surface area contributed by atoms with Crippen molar-refractivity contribution in [1.82, 2.24) is 0 Å². The van der Waals surface area contributed by atoms with E-state index in [1.165, 1.54) is 12.8 Å². The Morgan fingerprint density at radius 1 is 1.33 bits per heavy atom. The minimum Gasteiger partial charge on any atom is -0.478 e.